The van der Waals surface area contributed by atoms with E-state index in [4.69, 9.17) is 4.74 Å². The largest absolute Gasteiger partial charge is 0.383 e. The summed E-state index contributed by atoms with van der Waals surface area (Å²) >= 11 is 1.77. The molecule has 112 valence electrons. The highest BCUT2D eigenvalue weighted by Gasteiger charge is 2.15. The molecule has 2 rings (SSSR count). The van der Waals surface area contributed by atoms with E-state index < -0.39 is 0 Å². The Hall–Kier alpha value is -1.29. The highest BCUT2D eigenvalue weighted by atomic mass is 32.2. The summed E-state index contributed by atoms with van der Waals surface area (Å²) in [6, 6.07) is 19.7. The van der Waals surface area contributed by atoms with E-state index in [0.717, 1.165) is 0 Å². The molecule has 1 N–H and O–H groups in total. The third-order valence-electron chi connectivity index (χ3n) is 3.60. The molecule has 3 heteroatoms. The number of hydrogen-bond donors (Lipinski definition) is 1. The Labute approximate surface area is 131 Å². The van der Waals surface area contributed by atoms with Gasteiger partial charge in [-0.3, -0.25) is 0 Å². The van der Waals surface area contributed by atoms with Crippen LogP contribution in [0.3, 0.4) is 0 Å². The highest BCUT2D eigenvalue weighted by Crippen LogP contribution is 2.22. The van der Waals surface area contributed by atoms with E-state index >= 15 is 0 Å². The van der Waals surface area contributed by atoms with Crippen LogP contribution in [0, 0.1) is 0 Å². The fraction of sp³-hybridized carbons (Fsp3) is 0.333. The van der Waals surface area contributed by atoms with Gasteiger partial charge in [-0.25, -0.2) is 0 Å². The minimum Gasteiger partial charge on any atom is -0.383 e. The number of ether oxygens (including phenoxy) is 1. The van der Waals surface area contributed by atoms with Crippen molar-refractivity contribution in [1.82, 2.24) is 5.32 Å². The molecular weight excluding hydrogens is 278 g/mol. The van der Waals surface area contributed by atoms with Crippen LogP contribution in [0.2, 0.25) is 0 Å². The van der Waals surface area contributed by atoms with Gasteiger partial charge in [0.1, 0.15) is 0 Å². The van der Waals surface area contributed by atoms with Crippen LogP contribution in [0.1, 0.15) is 30.1 Å². The predicted molar refractivity (Wildman–Crippen MR) is 90.8 cm³/mol. The quantitative estimate of drug-likeness (QED) is 0.764. The van der Waals surface area contributed by atoms with Crippen LogP contribution in [-0.2, 0) is 4.74 Å². The summed E-state index contributed by atoms with van der Waals surface area (Å²) in [4.78, 5) is 1.29. The van der Waals surface area contributed by atoms with E-state index in [0.29, 0.717) is 6.61 Å². The molecule has 0 fully saturated rings. The number of thioether (sulfide) groups is 1. The standard InChI is InChI=1S/C18H23NOS/c1-14(15-9-11-17(21-3)12-10-15)19-18(13-20-2)16-7-5-4-6-8-16/h4-12,14,18-19H,13H2,1-3H3. The Bertz CT molecular complexity index is 527. The third-order valence-corrected chi connectivity index (χ3v) is 4.35. The van der Waals surface area contributed by atoms with Crippen LogP contribution in [0.5, 0.6) is 0 Å². The molecule has 2 atom stereocenters. The molecule has 0 heterocycles. The smallest absolute Gasteiger partial charge is 0.0657 e. The first-order valence-corrected chi connectivity index (χ1v) is 8.41. The average Bonchev–Trinajstić information content (AvgIpc) is 2.55. The van der Waals surface area contributed by atoms with Gasteiger partial charge in [-0.15, -0.1) is 11.8 Å². The molecular formula is C18H23NOS. The van der Waals surface area contributed by atoms with Gasteiger partial charge < -0.3 is 10.1 Å². The lowest BCUT2D eigenvalue weighted by molar-refractivity contribution is 0.162. The molecule has 2 aromatic carbocycles. The Morgan fingerprint density at radius 2 is 1.67 bits per heavy atom. The van der Waals surface area contributed by atoms with E-state index in [1.165, 1.54) is 16.0 Å². The van der Waals surface area contributed by atoms with Gasteiger partial charge in [0.15, 0.2) is 0 Å². The van der Waals surface area contributed by atoms with Crippen molar-refractivity contribution >= 4 is 11.8 Å². The SMILES string of the molecule is COCC(NC(C)c1ccc(SC)cc1)c1ccccc1. The normalized spacial score (nSPS) is 13.9. The van der Waals surface area contributed by atoms with Crippen molar-refractivity contribution in [2.75, 3.05) is 20.0 Å². The number of rotatable bonds is 7. The summed E-state index contributed by atoms with van der Waals surface area (Å²) in [6.07, 6.45) is 2.10. The summed E-state index contributed by atoms with van der Waals surface area (Å²) in [6.45, 7) is 2.86. The second kappa shape index (κ2) is 8.23. The predicted octanol–water partition coefficient (Wildman–Crippen LogP) is 4.45. The van der Waals surface area contributed by atoms with Crippen molar-refractivity contribution in [2.45, 2.75) is 23.9 Å². The van der Waals surface area contributed by atoms with Gasteiger partial charge in [0.25, 0.3) is 0 Å². The molecule has 2 nitrogen and oxygen atoms in total. The van der Waals surface area contributed by atoms with Crippen molar-refractivity contribution in [3.8, 4) is 0 Å². The monoisotopic (exact) mass is 301 g/mol. The molecule has 2 unspecified atom stereocenters. The number of methoxy groups -OCH3 is 1. The van der Waals surface area contributed by atoms with Gasteiger partial charge in [-0.05, 0) is 36.4 Å². The summed E-state index contributed by atoms with van der Waals surface area (Å²) < 4.78 is 5.37. The number of nitrogens with one attached hydrogen (secondary N) is 1. The minimum absolute atomic E-state index is 0.200. The van der Waals surface area contributed by atoms with Crippen LogP contribution >= 0.6 is 11.8 Å². The van der Waals surface area contributed by atoms with Crippen molar-refractivity contribution in [2.24, 2.45) is 0 Å². The first kappa shape index (κ1) is 16.1. The summed E-state index contributed by atoms with van der Waals surface area (Å²) in [7, 11) is 1.75. The highest BCUT2D eigenvalue weighted by molar-refractivity contribution is 7.98. The fourth-order valence-electron chi connectivity index (χ4n) is 2.38. The molecule has 0 radical (unpaired) electrons. The third kappa shape index (κ3) is 4.60. The minimum atomic E-state index is 0.200. The van der Waals surface area contributed by atoms with Crippen molar-refractivity contribution in [3.63, 3.8) is 0 Å². The molecule has 2 aromatic rings. The molecule has 0 amide bonds. The molecule has 21 heavy (non-hydrogen) atoms. The Morgan fingerprint density at radius 3 is 2.24 bits per heavy atom. The van der Waals surface area contributed by atoms with Crippen LogP contribution in [0.15, 0.2) is 59.5 Å². The Balaban J connectivity index is 2.08. The zero-order valence-corrected chi connectivity index (χ0v) is 13.7. The molecule has 0 aromatic heterocycles. The lowest BCUT2D eigenvalue weighted by Gasteiger charge is -2.23. The van der Waals surface area contributed by atoms with Crippen molar-refractivity contribution in [3.05, 3.63) is 65.7 Å². The second-order valence-electron chi connectivity index (χ2n) is 5.08. The summed E-state index contributed by atoms with van der Waals surface area (Å²) in [5, 5.41) is 3.66. The zero-order valence-electron chi connectivity index (χ0n) is 12.9. The molecule has 0 bridgehead atoms. The Kier molecular flexibility index (Phi) is 6.30. The maximum Gasteiger partial charge on any atom is 0.0657 e. The van der Waals surface area contributed by atoms with Gasteiger partial charge in [0.2, 0.25) is 0 Å². The van der Waals surface area contributed by atoms with Crippen LogP contribution in [-0.4, -0.2) is 20.0 Å². The van der Waals surface area contributed by atoms with E-state index in [1.807, 2.05) is 6.07 Å². The van der Waals surface area contributed by atoms with Gasteiger partial charge in [-0.1, -0.05) is 42.5 Å². The van der Waals surface area contributed by atoms with E-state index in [1.54, 1.807) is 18.9 Å². The molecule has 0 aliphatic carbocycles. The lowest BCUT2D eigenvalue weighted by atomic mass is 10.0. The molecule has 0 spiro atoms. The zero-order chi connectivity index (χ0) is 15.1. The summed E-state index contributed by atoms with van der Waals surface area (Å²) in [5.74, 6) is 0. The van der Waals surface area contributed by atoms with Gasteiger partial charge >= 0.3 is 0 Å². The number of hydrogen-bond acceptors (Lipinski definition) is 3. The van der Waals surface area contributed by atoms with Crippen LogP contribution in [0.25, 0.3) is 0 Å². The van der Waals surface area contributed by atoms with Gasteiger partial charge in [-0.2, -0.15) is 0 Å². The van der Waals surface area contributed by atoms with E-state index in [9.17, 15) is 0 Å². The van der Waals surface area contributed by atoms with Gasteiger partial charge in [0.05, 0.1) is 12.6 Å². The van der Waals surface area contributed by atoms with E-state index in [-0.39, 0.29) is 12.1 Å². The van der Waals surface area contributed by atoms with Crippen LogP contribution < -0.4 is 5.32 Å². The Morgan fingerprint density at radius 1 is 1.00 bits per heavy atom. The second-order valence-corrected chi connectivity index (χ2v) is 5.96. The van der Waals surface area contributed by atoms with Crippen LogP contribution in [0.4, 0.5) is 0 Å². The topological polar surface area (TPSA) is 21.3 Å². The molecule has 0 saturated carbocycles. The first-order chi connectivity index (χ1) is 10.2. The van der Waals surface area contributed by atoms with Crippen molar-refractivity contribution in [1.29, 1.82) is 0 Å². The first-order valence-electron chi connectivity index (χ1n) is 7.18. The molecule has 0 saturated heterocycles. The average molecular weight is 301 g/mol. The molecule has 0 aliphatic heterocycles. The van der Waals surface area contributed by atoms with Gasteiger partial charge in [0, 0.05) is 18.0 Å². The molecule has 0 aliphatic rings. The lowest BCUT2D eigenvalue weighted by Crippen LogP contribution is -2.28. The maximum atomic E-state index is 5.37. The summed E-state index contributed by atoms with van der Waals surface area (Å²) in [5.41, 5.74) is 2.55. The van der Waals surface area contributed by atoms with E-state index in [2.05, 4.69) is 67.0 Å². The van der Waals surface area contributed by atoms with Crippen molar-refractivity contribution < 1.29 is 4.74 Å². The fourth-order valence-corrected chi connectivity index (χ4v) is 2.79. The maximum absolute atomic E-state index is 5.37. The number of benzene rings is 2.